The fourth-order valence-electron chi connectivity index (χ4n) is 1.92. The lowest BCUT2D eigenvalue weighted by atomic mass is 10.1. The molecule has 0 aliphatic rings. The second-order valence-corrected chi connectivity index (χ2v) is 5.54. The van der Waals surface area contributed by atoms with Gasteiger partial charge in [-0.3, -0.25) is 0 Å². The van der Waals surface area contributed by atoms with Crippen molar-refractivity contribution in [1.29, 1.82) is 0 Å². The smallest absolute Gasteiger partial charge is 0.171 e. The third-order valence-electron chi connectivity index (χ3n) is 3.00. The summed E-state index contributed by atoms with van der Waals surface area (Å²) in [7, 11) is 0. The van der Waals surface area contributed by atoms with Gasteiger partial charge in [0.15, 0.2) is 6.10 Å². The van der Waals surface area contributed by atoms with Crippen LogP contribution in [-0.2, 0) is 0 Å². The fraction of sp³-hybridized carbons (Fsp3) is 0.333. The molecule has 0 saturated heterocycles. The first kappa shape index (κ1) is 15.2. The van der Waals surface area contributed by atoms with Crippen molar-refractivity contribution in [3.63, 3.8) is 0 Å². The molecular weight excluding hydrogens is 297 g/mol. The Balaban J connectivity index is 2.28. The highest BCUT2D eigenvalue weighted by Crippen LogP contribution is 2.30. The molecule has 0 bridgehead atoms. The third kappa shape index (κ3) is 3.69. The van der Waals surface area contributed by atoms with E-state index in [0.29, 0.717) is 21.6 Å². The average molecular weight is 314 g/mol. The van der Waals surface area contributed by atoms with Crippen molar-refractivity contribution in [1.82, 2.24) is 0 Å². The Labute approximate surface area is 128 Å². The summed E-state index contributed by atoms with van der Waals surface area (Å²) in [5.74, 6) is 2.10. The highest BCUT2D eigenvalue weighted by atomic mass is 35.5. The van der Waals surface area contributed by atoms with Crippen molar-refractivity contribution < 1.29 is 9.15 Å². The summed E-state index contributed by atoms with van der Waals surface area (Å²) in [5.41, 5.74) is 6.13. The highest BCUT2D eigenvalue weighted by molar-refractivity contribution is 6.34. The quantitative estimate of drug-likeness (QED) is 0.866. The van der Waals surface area contributed by atoms with Gasteiger partial charge in [0.2, 0.25) is 0 Å². The van der Waals surface area contributed by atoms with Gasteiger partial charge in [0.1, 0.15) is 17.3 Å². The number of furan rings is 1. The summed E-state index contributed by atoms with van der Waals surface area (Å²) in [6.45, 7) is 3.88. The number of hydrogen-bond acceptors (Lipinski definition) is 3. The van der Waals surface area contributed by atoms with Crippen LogP contribution in [0.15, 0.2) is 34.7 Å². The molecule has 2 atom stereocenters. The summed E-state index contributed by atoms with van der Waals surface area (Å²) in [6, 6.07) is 8.65. The number of ether oxygens (including phenoxy) is 1. The first-order valence-corrected chi connectivity index (χ1v) is 7.20. The molecule has 0 amide bonds. The number of aryl methyl sites for hydroxylation is 1. The van der Waals surface area contributed by atoms with Gasteiger partial charge >= 0.3 is 0 Å². The van der Waals surface area contributed by atoms with Gasteiger partial charge in [0.25, 0.3) is 0 Å². The zero-order valence-electron chi connectivity index (χ0n) is 11.4. The molecule has 1 aromatic carbocycles. The number of rotatable bonds is 5. The maximum atomic E-state index is 6.13. The summed E-state index contributed by atoms with van der Waals surface area (Å²) in [6.07, 6.45) is 0.391. The molecule has 1 aromatic heterocycles. The number of hydrogen-bond donors (Lipinski definition) is 1. The number of nitrogens with two attached hydrogens (primary N) is 1. The Kier molecular flexibility index (Phi) is 4.97. The molecule has 20 heavy (non-hydrogen) atoms. The normalized spacial score (nSPS) is 14.1. The Bertz CT molecular complexity index is 563. The van der Waals surface area contributed by atoms with E-state index in [1.54, 1.807) is 18.2 Å². The molecule has 0 radical (unpaired) electrons. The molecule has 0 aliphatic carbocycles. The minimum Gasteiger partial charge on any atom is -0.481 e. The maximum absolute atomic E-state index is 6.13. The van der Waals surface area contributed by atoms with E-state index >= 15 is 0 Å². The average Bonchev–Trinajstić information content (AvgIpc) is 2.80. The molecule has 1 heterocycles. The lowest BCUT2D eigenvalue weighted by Crippen LogP contribution is -2.31. The minimum atomic E-state index is -0.372. The molecule has 5 heteroatoms. The molecule has 2 unspecified atom stereocenters. The topological polar surface area (TPSA) is 48.4 Å². The van der Waals surface area contributed by atoms with Gasteiger partial charge in [-0.15, -0.1) is 0 Å². The van der Waals surface area contributed by atoms with Gasteiger partial charge < -0.3 is 14.9 Å². The van der Waals surface area contributed by atoms with Crippen LogP contribution >= 0.6 is 23.2 Å². The van der Waals surface area contributed by atoms with Crippen LogP contribution in [0.1, 0.15) is 31.0 Å². The predicted molar refractivity (Wildman–Crippen MR) is 81.5 cm³/mol. The largest absolute Gasteiger partial charge is 0.481 e. The van der Waals surface area contributed by atoms with Crippen molar-refractivity contribution in [3.05, 3.63) is 51.9 Å². The van der Waals surface area contributed by atoms with Crippen molar-refractivity contribution in [3.8, 4) is 5.75 Å². The minimum absolute atomic E-state index is 0.182. The van der Waals surface area contributed by atoms with E-state index in [0.717, 1.165) is 12.2 Å². The molecule has 2 rings (SSSR count). The Morgan fingerprint density at radius 2 is 1.85 bits per heavy atom. The second-order valence-electron chi connectivity index (χ2n) is 4.66. The summed E-state index contributed by atoms with van der Waals surface area (Å²) >= 11 is 12.0. The molecule has 2 aromatic rings. The van der Waals surface area contributed by atoms with Crippen LogP contribution < -0.4 is 10.5 Å². The van der Waals surface area contributed by atoms with Gasteiger partial charge in [-0.25, -0.2) is 0 Å². The number of halogens is 2. The summed E-state index contributed by atoms with van der Waals surface area (Å²) in [4.78, 5) is 0. The lowest BCUT2D eigenvalue weighted by molar-refractivity contribution is 0.143. The first-order valence-electron chi connectivity index (χ1n) is 6.44. The Morgan fingerprint density at radius 3 is 2.35 bits per heavy atom. The van der Waals surface area contributed by atoms with Crippen molar-refractivity contribution in [2.45, 2.75) is 32.4 Å². The van der Waals surface area contributed by atoms with Crippen LogP contribution in [0, 0.1) is 6.92 Å². The standard InChI is InChI=1S/C15H17Cl2NO2/c1-3-13(18)15(14-5-4-9(2)19-14)20-12-7-10(16)6-11(17)8-12/h4-8,13,15H,3,18H2,1-2H3. The lowest BCUT2D eigenvalue weighted by Gasteiger charge is -2.22. The van der Waals surface area contributed by atoms with Crippen molar-refractivity contribution in [2.24, 2.45) is 5.73 Å². The van der Waals surface area contributed by atoms with Crippen LogP contribution in [-0.4, -0.2) is 6.04 Å². The van der Waals surface area contributed by atoms with E-state index in [2.05, 4.69) is 0 Å². The predicted octanol–water partition coefficient (Wildman–Crippen LogP) is 4.75. The van der Waals surface area contributed by atoms with E-state index in [-0.39, 0.29) is 12.1 Å². The maximum Gasteiger partial charge on any atom is 0.171 e. The molecule has 0 fully saturated rings. The van der Waals surface area contributed by atoms with Crippen LogP contribution in [0.3, 0.4) is 0 Å². The second kappa shape index (κ2) is 6.53. The zero-order valence-corrected chi connectivity index (χ0v) is 12.9. The van der Waals surface area contributed by atoms with Crippen molar-refractivity contribution in [2.75, 3.05) is 0 Å². The fourth-order valence-corrected chi connectivity index (χ4v) is 2.43. The Morgan fingerprint density at radius 1 is 1.20 bits per heavy atom. The van der Waals surface area contributed by atoms with E-state index in [1.807, 2.05) is 26.0 Å². The SMILES string of the molecule is CCC(N)C(Oc1cc(Cl)cc(Cl)c1)c1ccc(C)o1. The van der Waals surface area contributed by atoms with Crippen LogP contribution in [0.2, 0.25) is 10.0 Å². The van der Waals surface area contributed by atoms with Gasteiger partial charge in [-0.05, 0) is 43.7 Å². The van der Waals surface area contributed by atoms with Gasteiger partial charge in [0.05, 0.1) is 0 Å². The summed E-state index contributed by atoms with van der Waals surface area (Å²) in [5, 5.41) is 1.04. The van der Waals surface area contributed by atoms with Crippen LogP contribution in [0.5, 0.6) is 5.75 Å². The molecule has 3 nitrogen and oxygen atoms in total. The molecule has 0 aliphatic heterocycles. The monoisotopic (exact) mass is 313 g/mol. The van der Waals surface area contributed by atoms with E-state index < -0.39 is 0 Å². The molecular formula is C15H17Cl2NO2. The van der Waals surface area contributed by atoms with Crippen LogP contribution in [0.25, 0.3) is 0 Å². The van der Waals surface area contributed by atoms with Crippen LogP contribution in [0.4, 0.5) is 0 Å². The van der Waals surface area contributed by atoms with E-state index in [1.165, 1.54) is 0 Å². The third-order valence-corrected chi connectivity index (χ3v) is 3.44. The van der Waals surface area contributed by atoms with E-state index in [4.69, 9.17) is 38.1 Å². The zero-order chi connectivity index (χ0) is 14.7. The molecule has 2 N–H and O–H groups in total. The molecule has 108 valence electrons. The first-order chi connectivity index (χ1) is 9.49. The highest BCUT2D eigenvalue weighted by Gasteiger charge is 2.24. The van der Waals surface area contributed by atoms with Crippen molar-refractivity contribution >= 4 is 23.2 Å². The van der Waals surface area contributed by atoms with Gasteiger partial charge in [-0.2, -0.15) is 0 Å². The summed E-state index contributed by atoms with van der Waals surface area (Å²) < 4.78 is 11.6. The molecule has 0 spiro atoms. The molecule has 0 saturated carbocycles. The van der Waals surface area contributed by atoms with E-state index in [9.17, 15) is 0 Å². The van der Waals surface area contributed by atoms with Gasteiger partial charge in [0, 0.05) is 16.1 Å². The number of benzene rings is 1. The van der Waals surface area contributed by atoms with Gasteiger partial charge in [-0.1, -0.05) is 30.1 Å². The Hall–Kier alpha value is -1.16.